The van der Waals surface area contributed by atoms with Gasteiger partial charge >= 0.3 is 19.8 Å². The molecule has 0 aromatic carbocycles. The summed E-state index contributed by atoms with van der Waals surface area (Å²) in [5.74, 6) is -0.838. The number of phosphoric ester groups is 1. The lowest BCUT2D eigenvalue weighted by atomic mass is 9.72. The summed E-state index contributed by atoms with van der Waals surface area (Å²) in [5.41, 5.74) is -1.76. The number of phosphoric acid groups is 1. The minimum Gasteiger partial charge on any atom is -0.465 e. The van der Waals surface area contributed by atoms with Crippen LogP contribution in [0.1, 0.15) is 67.2 Å². The van der Waals surface area contributed by atoms with Crippen LogP contribution in [-0.4, -0.2) is 68.3 Å². The fourth-order valence-corrected chi connectivity index (χ4v) is 3.55. The lowest BCUT2D eigenvalue weighted by Crippen LogP contribution is -2.39. The Morgan fingerprint density at radius 3 is 2.06 bits per heavy atom. The minimum absolute atomic E-state index is 0.0508. The zero-order valence-electron chi connectivity index (χ0n) is 20.3. The number of hydrogen-bond acceptors (Lipinski definition) is 8. The number of nitrogens with zero attached hydrogens (tertiary/aromatic N) is 1. The van der Waals surface area contributed by atoms with E-state index in [9.17, 15) is 19.0 Å². The molecule has 1 N–H and O–H groups in total. The Morgan fingerprint density at radius 1 is 0.935 bits per heavy atom. The molecule has 0 amide bonds. The van der Waals surface area contributed by atoms with Gasteiger partial charge in [0.05, 0.1) is 30.7 Å². The van der Waals surface area contributed by atoms with Crippen LogP contribution in [0, 0.1) is 10.8 Å². The third-order valence-corrected chi connectivity index (χ3v) is 6.24. The third kappa shape index (κ3) is 12.0. The molecule has 10 heteroatoms. The number of rotatable bonds is 17. The first-order valence-electron chi connectivity index (χ1n) is 11.0. The molecule has 0 aromatic rings. The summed E-state index contributed by atoms with van der Waals surface area (Å²) in [7, 11) is -2.34. The Bertz CT molecular complexity index is 598. The van der Waals surface area contributed by atoms with Crippen molar-refractivity contribution in [2.24, 2.45) is 10.8 Å². The smallest absolute Gasteiger partial charge is 0.465 e. The lowest BCUT2D eigenvalue weighted by molar-refractivity contribution is -0.163. The first kappa shape index (κ1) is 30.0. The highest BCUT2D eigenvalue weighted by Gasteiger charge is 2.43. The normalized spacial score (nSPS) is 15.9. The summed E-state index contributed by atoms with van der Waals surface area (Å²) in [6.07, 6.45) is 2.44. The largest absolute Gasteiger partial charge is 0.472 e. The van der Waals surface area contributed by atoms with E-state index in [1.165, 1.54) is 0 Å². The van der Waals surface area contributed by atoms with E-state index >= 15 is 0 Å². The molecule has 0 aliphatic carbocycles. The highest BCUT2D eigenvalue weighted by atomic mass is 31.2. The van der Waals surface area contributed by atoms with Crippen LogP contribution in [0.3, 0.4) is 0 Å². The number of carbonyl (C=O) groups excluding carboxylic acids is 2. The van der Waals surface area contributed by atoms with Crippen molar-refractivity contribution in [3.8, 4) is 0 Å². The molecule has 2 atom stereocenters. The van der Waals surface area contributed by atoms with Gasteiger partial charge in [-0.05, 0) is 53.6 Å². The van der Waals surface area contributed by atoms with Crippen molar-refractivity contribution in [1.29, 1.82) is 0 Å². The van der Waals surface area contributed by atoms with E-state index < -0.39 is 24.6 Å². The van der Waals surface area contributed by atoms with Crippen molar-refractivity contribution >= 4 is 19.8 Å². The van der Waals surface area contributed by atoms with E-state index in [-0.39, 0.29) is 32.2 Å². The second-order valence-electron chi connectivity index (χ2n) is 8.63. The van der Waals surface area contributed by atoms with Crippen LogP contribution in [0.25, 0.3) is 0 Å². The average molecular weight is 468 g/mol. The fraction of sp³-hybridized carbons (Fsp3) is 0.905. The molecule has 0 aliphatic heterocycles. The molecule has 0 heterocycles. The summed E-state index contributed by atoms with van der Waals surface area (Å²) in [6.45, 7) is 12.3. The zero-order chi connectivity index (χ0) is 24.1. The van der Waals surface area contributed by atoms with Crippen molar-refractivity contribution in [1.82, 2.24) is 4.90 Å². The van der Waals surface area contributed by atoms with Gasteiger partial charge in [0, 0.05) is 6.54 Å². The van der Waals surface area contributed by atoms with Crippen molar-refractivity contribution < 1.29 is 37.6 Å². The highest BCUT2D eigenvalue weighted by Crippen LogP contribution is 2.43. The molecule has 0 aliphatic rings. The van der Waals surface area contributed by atoms with Crippen LogP contribution in [0.15, 0.2) is 0 Å². The molecule has 184 valence electrons. The maximum Gasteiger partial charge on any atom is 0.472 e. The highest BCUT2D eigenvalue weighted by molar-refractivity contribution is 7.47. The number of likely N-dealkylation sites (N-methyl/N-ethyl adjacent to an activating group) is 1. The van der Waals surface area contributed by atoms with Crippen LogP contribution >= 0.6 is 7.82 Å². The monoisotopic (exact) mass is 467 g/mol. The Morgan fingerprint density at radius 2 is 1.52 bits per heavy atom. The molecule has 0 saturated heterocycles. The van der Waals surface area contributed by atoms with Gasteiger partial charge < -0.3 is 19.3 Å². The van der Waals surface area contributed by atoms with Crippen LogP contribution in [0.4, 0.5) is 0 Å². The molecular formula is C21H42NO8P. The standard InChI is InChI=1S/C21H42NO8P/c1-8-11-13-27-18(23)20(4,5)17-21(6,9-2)19(24)28-15-16-30-31(25,26)29-14-12-22(7)10-3/h8-17H2,1-7H3,(H,25,26). The Labute approximate surface area is 187 Å². The number of hydrogen-bond donors (Lipinski definition) is 1. The van der Waals surface area contributed by atoms with Gasteiger partial charge in [-0.2, -0.15) is 0 Å². The quantitative estimate of drug-likeness (QED) is 0.194. The SMILES string of the molecule is CCCCOC(=O)C(C)(C)CC(C)(CC)C(=O)OCCOP(=O)(O)OCCN(C)CC. The maximum absolute atomic E-state index is 12.7. The molecule has 0 fully saturated rings. The van der Waals surface area contributed by atoms with E-state index in [4.69, 9.17) is 18.5 Å². The van der Waals surface area contributed by atoms with Crippen LogP contribution in [0.2, 0.25) is 0 Å². The van der Waals surface area contributed by atoms with Gasteiger partial charge in [0.1, 0.15) is 6.61 Å². The lowest BCUT2D eigenvalue weighted by Gasteiger charge is -2.33. The Kier molecular flexibility index (Phi) is 13.8. The predicted octanol–water partition coefficient (Wildman–Crippen LogP) is 3.79. The maximum atomic E-state index is 12.7. The Hall–Kier alpha value is -0.990. The van der Waals surface area contributed by atoms with E-state index in [2.05, 4.69) is 0 Å². The first-order valence-corrected chi connectivity index (χ1v) is 12.5. The second kappa shape index (κ2) is 14.2. The summed E-state index contributed by atoms with van der Waals surface area (Å²) in [5, 5.41) is 0. The Balaban J connectivity index is 4.58. The summed E-state index contributed by atoms with van der Waals surface area (Å²) < 4.78 is 32.2. The molecular weight excluding hydrogens is 425 g/mol. The molecule has 0 bridgehead atoms. The predicted molar refractivity (Wildman–Crippen MR) is 119 cm³/mol. The van der Waals surface area contributed by atoms with Gasteiger partial charge in [-0.1, -0.05) is 27.2 Å². The van der Waals surface area contributed by atoms with Gasteiger partial charge in [0.15, 0.2) is 0 Å². The van der Waals surface area contributed by atoms with Crippen LogP contribution < -0.4 is 0 Å². The molecule has 9 nitrogen and oxygen atoms in total. The minimum atomic E-state index is -4.21. The average Bonchev–Trinajstić information content (AvgIpc) is 2.70. The van der Waals surface area contributed by atoms with E-state index in [1.54, 1.807) is 20.8 Å². The van der Waals surface area contributed by atoms with E-state index in [0.717, 1.165) is 19.4 Å². The van der Waals surface area contributed by atoms with Gasteiger partial charge in [-0.15, -0.1) is 0 Å². The summed E-state index contributed by atoms with van der Waals surface area (Å²) in [4.78, 5) is 36.7. The van der Waals surface area contributed by atoms with Crippen LogP contribution in [-0.2, 0) is 32.7 Å². The van der Waals surface area contributed by atoms with Gasteiger partial charge in [0.25, 0.3) is 0 Å². The van der Waals surface area contributed by atoms with Crippen molar-refractivity contribution in [3.63, 3.8) is 0 Å². The fourth-order valence-electron chi connectivity index (χ4n) is 2.86. The molecule has 2 unspecified atom stereocenters. The van der Waals surface area contributed by atoms with Crippen molar-refractivity contribution in [2.75, 3.05) is 46.6 Å². The second-order valence-corrected chi connectivity index (χ2v) is 10.1. The first-order chi connectivity index (χ1) is 14.3. The van der Waals surface area contributed by atoms with Crippen molar-refractivity contribution in [3.05, 3.63) is 0 Å². The zero-order valence-corrected chi connectivity index (χ0v) is 21.2. The molecule has 0 rings (SSSR count). The van der Waals surface area contributed by atoms with Crippen LogP contribution in [0.5, 0.6) is 0 Å². The molecule has 0 saturated carbocycles. The number of unbranched alkanes of at least 4 members (excludes halogenated alkanes) is 1. The number of esters is 2. The van der Waals surface area contributed by atoms with E-state index in [1.807, 2.05) is 32.7 Å². The molecule has 0 spiro atoms. The number of ether oxygens (including phenoxy) is 2. The molecule has 31 heavy (non-hydrogen) atoms. The topological polar surface area (TPSA) is 112 Å². The van der Waals surface area contributed by atoms with Crippen molar-refractivity contribution in [2.45, 2.75) is 67.2 Å². The molecule has 0 aromatic heterocycles. The van der Waals surface area contributed by atoms with Gasteiger partial charge in [-0.25, -0.2) is 4.57 Å². The summed E-state index contributed by atoms with van der Waals surface area (Å²) in [6, 6.07) is 0. The number of carbonyl (C=O) groups is 2. The molecule has 0 radical (unpaired) electrons. The summed E-state index contributed by atoms with van der Waals surface area (Å²) >= 11 is 0. The van der Waals surface area contributed by atoms with Gasteiger partial charge in [0.2, 0.25) is 0 Å². The van der Waals surface area contributed by atoms with Gasteiger partial charge in [-0.3, -0.25) is 18.6 Å². The third-order valence-electron chi connectivity index (χ3n) is 5.23. The van der Waals surface area contributed by atoms with E-state index in [0.29, 0.717) is 19.6 Å².